The Labute approximate surface area is 84.3 Å². The number of rotatable bonds is 6. The molecule has 0 fully saturated rings. The molecule has 0 bridgehead atoms. The van der Waals surface area contributed by atoms with Crippen LogP contribution in [-0.4, -0.2) is 31.6 Å². The highest BCUT2D eigenvalue weighted by atomic mass is 16.5. The zero-order valence-electron chi connectivity index (χ0n) is 8.62. The SMILES string of the molecule is CC(=O)OCCCCCC1=NCCO1. The highest BCUT2D eigenvalue weighted by Gasteiger charge is 2.05. The normalized spacial score (nSPS) is 14.8. The van der Waals surface area contributed by atoms with Crippen LogP contribution in [0.4, 0.5) is 0 Å². The quantitative estimate of drug-likeness (QED) is 0.481. The Morgan fingerprint density at radius 3 is 3.00 bits per heavy atom. The van der Waals surface area contributed by atoms with Crippen LogP contribution in [0.25, 0.3) is 0 Å². The summed E-state index contributed by atoms with van der Waals surface area (Å²) in [5.74, 6) is 0.686. The second-order valence-corrected chi connectivity index (χ2v) is 3.27. The molecular weight excluding hydrogens is 182 g/mol. The van der Waals surface area contributed by atoms with E-state index in [4.69, 9.17) is 9.47 Å². The van der Waals surface area contributed by atoms with Crippen molar-refractivity contribution in [3.05, 3.63) is 0 Å². The maximum Gasteiger partial charge on any atom is 0.302 e. The fraction of sp³-hybridized carbons (Fsp3) is 0.800. The monoisotopic (exact) mass is 199 g/mol. The molecule has 0 aromatic heterocycles. The molecule has 1 aliphatic heterocycles. The molecule has 1 heterocycles. The first kappa shape index (κ1) is 11.0. The van der Waals surface area contributed by atoms with Gasteiger partial charge in [-0.1, -0.05) is 0 Å². The molecule has 0 atom stereocenters. The van der Waals surface area contributed by atoms with Crippen molar-refractivity contribution in [3.8, 4) is 0 Å². The number of hydrogen-bond donors (Lipinski definition) is 0. The van der Waals surface area contributed by atoms with Gasteiger partial charge in [0.15, 0.2) is 5.90 Å². The number of nitrogens with zero attached hydrogens (tertiary/aromatic N) is 1. The van der Waals surface area contributed by atoms with Crippen molar-refractivity contribution in [3.63, 3.8) is 0 Å². The number of carbonyl (C=O) groups is 1. The van der Waals surface area contributed by atoms with Crippen LogP contribution < -0.4 is 0 Å². The average molecular weight is 199 g/mol. The average Bonchev–Trinajstić information content (AvgIpc) is 2.63. The van der Waals surface area contributed by atoms with Crippen molar-refractivity contribution in [2.75, 3.05) is 19.8 Å². The number of hydrogen-bond acceptors (Lipinski definition) is 4. The molecule has 80 valence electrons. The second-order valence-electron chi connectivity index (χ2n) is 3.27. The molecule has 0 amide bonds. The van der Waals surface area contributed by atoms with E-state index in [0.717, 1.165) is 44.7 Å². The van der Waals surface area contributed by atoms with Gasteiger partial charge in [-0.15, -0.1) is 0 Å². The Kier molecular flexibility index (Phi) is 5.04. The molecule has 0 unspecified atom stereocenters. The predicted octanol–water partition coefficient (Wildman–Crippen LogP) is 1.54. The minimum Gasteiger partial charge on any atom is -0.479 e. The topological polar surface area (TPSA) is 47.9 Å². The molecule has 0 aromatic carbocycles. The first-order valence-electron chi connectivity index (χ1n) is 5.08. The zero-order chi connectivity index (χ0) is 10.2. The Bertz CT molecular complexity index is 213. The third kappa shape index (κ3) is 4.84. The lowest BCUT2D eigenvalue weighted by atomic mass is 10.2. The summed E-state index contributed by atoms with van der Waals surface area (Å²) in [7, 11) is 0. The van der Waals surface area contributed by atoms with Gasteiger partial charge in [-0.05, 0) is 19.3 Å². The summed E-state index contributed by atoms with van der Waals surface area (Å²) in [6, 6.07) is 0. The largest absolute Gasteiger partial charge is 0.479 e. The van der Waals surface area contributed by atoms with E-state index in [-0.39, 0.29) is 5.97 Å². The Hall–Kier alpha value is -1.06. The van der Waals surface area contributed by atoms with Gasteiger partial charge in [0.2, 0.25) is 0 Å². The van der Waals surface area contributed by atoms with Crippen LogP contribution in [0.15, 0.2) is 4.99 Å². The van der Waals surface area contributed by atoms with Gasteiger partial charge in [0, 0.05) is 13.3 Å². The van der Waals surface area contributed by atoms with Crippen molar-refractivity contribution in [1.29, 1.82) is 0 Å². The van der Waals surface area contributed by atoms with Gasteiger partial charge >= 0.3 is 5.97 Å². The maximum atomic E-state index is 10.4. The standard InChI is InChI=1S/C10H17NO3/c1-9(12)13-7-4-2-3-5-10-11-6-8-14-10/h2-8H2,1H3. The molecule has 4 nitrogen and oxygen atoms in total. The number of ether oxygens (including phenoxy) is 2. The van der Waals surface area contributed by atoms with E-state index in [2.05, 4.69) is 4.99 Å². The van der Waals surface area contributed by atoms with Crippen LogP contribution in [0.5, 0.6) is 0 Å². The van der Waals surface area contributed by atoms with Crippen LogP contribution in [-0.2, 0) is 14.3 Å². The summed E-state index contributed by atoms with van der Waals surface area (Å²) in [5.41, 5.74) is 0. The minimum atomic E-state index is -0.200. The van der Waals surface area contributed by atoms with Gasteiger partial charge in [0.05, 0.1) is 13.2 Å². The Morgan fingerprint density at radius 2 is 2.36 bits per heavy atom. The summed E-state index contributed by atoms with van der Waals surface area (Å²) in [4.78, 5) is 14.6. The fourth-order valence-electron chi connectivity index (χ4n) is 1.30. The molecule has 0 aromatic rings. The van der Waals surface area contributed by atoms with Crippen molar-refractivity contribution >= 4 is 11.9 Å². The Balaban J connectivity index is 1.86. The predicted molar refractivity (Wildman–Crippen MR) is 53.4 cm³/mol. The first-order chi connectivity index (χ1) is 6.79. The molecule has 1 rings (SSSR count). The summed E-state index contributed by atoms with van der Waals surface area (Å²) in [6.45, 7) is 3.51. The lowest BCUT2D eigenvalue weighted by Crippen LogP contribution is -2.01. The molecule has 0 spiro atoms. The van der Waals surface area contributed by atoms with Gasteiger partial charge in [-0.3, -0.25) is 9.79 Å². The summed E-state index contributed by atoms with van der Waals surface area (Å²) < 4.78 is 10.1. The van der Waals surface area contributed by atoms with E-state index in [9.17, 15) is 4.79 Å². The van der Waals surface area contributed by atoms with Crippen molar-refractivity contribution < 1.29 is 14.3 Å². The number of unbranched alkanes of at least 4 members (excludes halogenated alkanes) is 2. The van der Waals surface area contributed by atoms with Crippen LogP contribution in [0, 0.1) is 0 Å². The smallest absolute Gasteiger partial charge is 0.302 e. The van der Waals surface area contributed by atoms with Gasteiger partial charge < -0.3 is 9.47 Å². The van der Waals surface area contributed by atoms with Gasteiger partial charge in [-0.2, -0.15) is 0 Å². The van der Waals surface area contributed by atoms with Crippen LogP contribution in [0.1, 0.15) is 32.6 Å². The van der Waals surface area contributed by atoms with Crippen molar-refractivity contribution in [1.82, 2.24) is 0 Å². The van der Waals surface area contributed by atoms with Crippen molar-refractivity contribution in [2.24, 2.45) is 4.99 Å². The van der Waals surface area contributed by atoms with Gasteiger partial charge in [0.25, 0.3) is 0 Å². The van der Waals surface area contributed by atoms with E-state index in [0.29, 0.717) is 6.61 Å². The van der Waals surface area contributed by atoms with Gasteiger partial charge in [0.1, 0.15) is 6.61 Å². The molecule has 0 saturated carbocycles. The van der Waals surface area contributed by atoms with Crippen LogP contribution in [0.2, 0.25) is 0 Å². The third-order valence-electron chi connectivity index (χ3n) is 1.99. The van der Waals surface area contributed by atoms with E-state index in [1.807, 2.05) is 0 Å². The highest BCUT2D eigenvalue weighted by molar-refractivity contribution is 5.77. The lowest BCUT2D eigenvalue weighted by molar-refractivity contribution is -0.141. The van der Waals surface area contributed by atoms with E-state index in [1.54, 1.807) is 0 Å². The molecule has 0 N–H and O–H groups in total. The lowest BCUT2D eigenvalue weighted by Gasteiger charge is -2.02. The molecule has 0 aliphatic carbocycles. The second kappa shape index (κ2) is 6.40. The first-order valence-corrected chi connectivity index (χ1v) is 5.08. The van der Waals surface area contributed by atoms with E-state index < -0.39 is 0 Å². The third-order valence-corrected chi connectivity index (χ3v) is 1.99. The number of esters is 1. The zero-order valence-corrected chi connectivity index (χ0v) is 8.62. The summed E-state index contributed by atoms with van der Waals surface area (Å²) in [5, 5.41) is 0. The maximum absolute atomic E-state index is 10.4. The summed E-state index contributed by atoms with van der Waals surface area (Å²) >= 11 is 0. The number of carbonyl (C=O) groups excluding carboxylic acids is 1. The van der Waals surface area contributed by atoms with Crippen molar-refractivity contribution in [2.45, 2.75) is 32.6 Å². The van der Waals surface area contributed by atoms with E-state index in [1.165, 1.54) is 6.92 Å². The fourth-order valence-corrected chi connectivity index (χ4v) is 1.30. The molecule has 4 heteroatoms. The van der Waals surface area contributed by atoms with Crippen LogP contribution >= 0.6 is 0 Å². The van der Waals surface area contributed by atoms with Gasteiger partial charge in [-0.25, -0.2) is 0 Å². The highest BCUT2D eigenvalue weighted by Crippen LogP contribution is 2.06. The molecule has 14 heavy (non-hydrogen) atoms. The van der Waals surface area contributed by atoms with Crippen LogP contribution in [0.3, 0.4) is 0 Å². The molecule has 0 saturated heterocycles. The van der Waals surface area contributed by atoms with E-state index >= 15 is 0 Å². The number of aliphatic imine (C=N–C) groups is 1. The molecule has 0 radical (unpaired) electrons. The minimum absolute atomic E-state index is 0.200. The summed E-state index contributed by atoms with van der Waals surface area (Å²) in [6.07, 6.45) is 3.95. The Morgan fingerprint density at radius 1 is 1.50 bits per heavy atom. The molecular formula is C10H17NO3. The molecule has 1 aliphatic rings.